The summed E-state index contributed by atoms with van der Waals surface area (Å²) in [7, 11) is 0. The number of primary amides is 1. The molecular weight excluding hydrogens is 312 g/mol. The molecule has 2 aromatic rings. The van der Waals surface area contributed by atoms with Gasteiger partial charge in [-0.2, -0.15) is 0 Å². The molecule has 0 aromatic heterocycles. The first kappa shape index (κ1) is 15.4. The first-order valence-electron chi connectivity index (χ1n) is 7.02. The van der Waals surface area contributed by atoms with Crippen molar-refractivity contribution in [3.05, 3.63) is 70.8 Å². The summed E-state index contributed by atoms with van der Waals surface area (Å²) in [5, 5.41) is 0. The highest BCUT2D eigenvalue weighted by atomic mass is 16.5. The van der Waals surface area contributed by atoms with Gasteiger partial charge >= 0.3 is 5.97 Å². The van der Waals surface area contributed by atoms with E-state index < -0.39 is 30.4 Å². The highest BCUT2D eigenvalue weighted by Gasteiger charge is 2.35. The largest absolute Gasteiger partial charge is 0.440 e. The zero-order valence-electron chi connectivity index (χ0n) is 12.4. The topological polar surface area (TPSA) is 107 Å². The summed E-state index contributed by atoms with van der Waals surface area (Å²) in [6.45, 7) is -0.543. The number of benzene rings is 2. The third-order valence-electron chi connectivity index (χ3n) is 3.62. The predicted octanol–water partition coefficient (Wildman–Crippen LogP) is 1.20. The summed E-state index contributed by atoms with van der Waals surface area (Å²) < 4.78 is 5.01. The molecule has 0 fully saturated rings. The van der Waals surface area contributed by atoms with Gasteiger partial charge in [0.15, 0.2) is 6.73 Å². The third kappa shape index (κ3) is 2.52. The van der Waals surface area contributed by atoms with Gasteiger partial charge < -0.3 is 10.5 Å². The number of fused-ring (bicyclic) bond motifs is 1. The predicted molar refractivity (Wildman–Crippen MR) is 82.2 cm³/mol. The average molecular weight is 324 g/mol. The lowest BCUT2D eigenvalue weighted by atomic mass is 10.1. The highest BCUT2D eigenvalue weighted by Crippen LogP contribution is 2.22. The molecule has 2 aromatic carbocycles. The highest BCUT2D eigenvalue weighted by molar-refractivity contribution is 6.21. The van der Waals surface area contributed by atoms with Gasteiger partial charge in [0, 0.05) is 0 Å². The van der Waals surface area contributed by atoms with Crippen molar-refractivity contribution in [2.45, 2.75) is 0 Å². The zero-order valence-corrected chi connectivity index (χ0v) is 12.4. The van der Waals surface area contributed by atoms with Crippen molar-refractivity contribution in [2.75, 3.05) is 6.73 Å². The van der Waals surface area contributed by atoms with E-state index in [1.807, 2.05) is 0 Å². The van der Waals surface area contributed by atoms with Crippen LogP contribution in [0.15, 0.2) is 48.5 Å². The number of carbonyl (C=O) groups is 4. The fraction of sp³-hybridized carbons (Fsp3) is 0.0588. The monoisotopic (exact) mass is 324 g/mol. The number of hydrogen-bond donors (Lipinski definition) is 1. The molecule has 0 saturated carbocycles. The Bertz CT molecular complexity index is 840. The molecule has 7 nitrogen and oxygen atoms in total. The normalized spacial score (nSPS) is 12.9. The number of nitrogens with two attached hydrogens (primary N) is 1. The summed E-state index contributed by atoms with van der Waals surface area (Å²) in [5.41, 5.74) is 5.71. The number of rotatable bonds is 4. The van der Waals surface area contributed by atoms with Gasteiger partial charge in [0.1, 0.15) is 0 Å². The number of imide groups is 1. The van der Waals surface area contributed by atoms with E-state index >= 15 is 0 Å². The van der Waals surface area contributed by atoms with E-state index in [1.165, 1.54) is 24.3 Å². The van der Waals surface area contributed by atoms with E-state index in [9.17, 15) is 19.2 Å². The standard InChI is InChI=1S/C17H12N2O5/c18-14(20)10-5-1-4-8-13(10)17(23)24-9-19-15(21)11-6-2-3-7-12(11)16(19)22/h1-8H,9H2,(H2,18,20). The molecule has 0 saturated heterocycles. The molecule has 1 aliphatic rings. The minimum Gasteiger partial charge on any atom is -0.440 e. The number of carbonyl (C=O) groups excluding carboxylic acids is 4. The zero-order chi connectivity index (χ0) is 17.3. The first-order chi connectivity index (χ1) is 11.5. The van der Waals surface area contributed by atoms with Crippen molar-refractivity contribution in [1.29, 1.82) is 0 Å². The number of nitrogens with zero attached hydrogens (tertiary/aromatic N) is 1. The van der Waals surface area contributed by atoms with E-state index in [0.29, 0.717) is 0 Å². The van der Waals surface area contributed by atoms with Gasteiger partial charge in [-0.15, -0.1) is 0 Å². The van der Waals surface area contributed by atoms with Crippen LogP contribution < -0.4 is 5.73 Å². The summed E-state index contributed by atoms with van der Waals surface area (Å²) in [6, 6.07) is 12.2. The maximum atomic E-state index is 12.2. The molecule has 0 bridgehead atoms. The summed E-state index contributed by atoms with van der Waals surface area (Å²) >= 11 is 0. The SMILES string of the molecule is NC(=O)c1ccccc1C(=O)OCN1C(=O)c2ccccc2C1=O. The van der Waals surface area contributed by atoms with Gasteiger partial charge in [-0.25, -0.2) is 9.69 Å². The van der Waals surface area contributed by atoms with Crippen LogP contribution in [-0.2, 0) is 4.74 Å². The molecule has 2 N–H and O–H groups in total. The van der Waals surface area contributed by atoms with Crippen LogP contribution in [0.5, 0.6) is 0 Å². The summed E-state index contributed by atoms with van der Waals surface area (Å²) in [5.74, 6) is -2.69. The molecule has 0 atom stereocenters. The second-order valence-corrected chi connectivity index (χ2v) is 5.05. The Labute approximate surface area is 136 Å². The van der Waals surface area contributed by atoms with Crippen LogP contribution in [-0.4, -0.2) is 35.3 Å². The molecule has 3 amide bonds. The molecule has 120 valence electrons. The van der Waals surface area contributed by atoms with Crippen molar-refractivity contribution in [1.82, 2.24) is 4.90 Å². The maximum absolute atomic E-state index is 12.2. The van der Waals surface area contributed by atoms with Gasteiger partial charge in [-0.3, -0.25) is 14.4 Å². The van der Waals surface area contributed by atoms with Crippen LogP contribution in [0.2, 0.25) is 0 Å². The molecule has 7 heteroatoms. The second kappa shape index (κ2) is 5.96. The van der Waals surface area contributed by atoms with E-state index in [2.05, 4.69) is 0 Å². The Hall–Kier alpha value is -3.48. The Morgan fingerprint density at radius 1 is 0.875 bits per heavy atom. The van der Waals surface area contributed by atoms with E-state index in [4.69, 9.17) is 10.5 Å². The molecule has 0 radical (unpaired) electrons. The molecule has 0 unspecified atom stereocenters. The number of esters is 1. The molecule has 0 spiro atoms. The lowest BCUT2D eigenvalue weighted by molar-refractivity contribution is 0.0226. The smallest absolute Gasteiger partial charge is 0.340 e. The molecular formula is C17H12N2O5. The Balaban J connectivity index is 1.76. The van der Waals surface area contributed by atoms with Crippen molar-refractivity contribution < 1.29 is 23.9 Å². The minimum absolute atomic E-state index is 0.00450. The van der Waals surface area contributed by atoms with Gasteiger partial charge in [-0.1, -0.05) is 24.3 Å². The van der Waals surface area contributed by atoms with Crippen molar-refractivity contribution >= 4 is 23.7 Å². The van der Waals surface area contributed by atoms with E-state index in [-0.39, 0.29) is 22.3 Å². The van der Waals surface area contributed by atoms with Crippen LogP contribution in [0, 0.1) is 0 Å². The molecule has 3 rings (SSSR count). The quantitative estimate of drug-likeness (QED) is 0.671. The summed E-state index contributed by atoms with van der Waals surface area (Å²) in [6.07, 6.45) is 0. The number of amides is 3. The van der Waals surface area contributed by atoms with Gasteiger partial charge in [-0.05, 0) is 24.3 Å². The average Bonchev–Trinajstić information content (AvgIpc) is 2.84. The van der Waals surface area contributed by atoms with Crippen LogP contribution in [0.1, 0.15) is 41.4 Å². The summed E-state index contributed by atoms with van der Waals surface area (Å²) in [4.78, 5) is 48.6. The van der Waals surface area contributed by atoms with Gasteiger partial charge in [0.05, 0.1) is 22.3 Å². The molecule has 0 aliphatic carbocycles. The lowest BCUT2D eigenvalue weighted by Crippen LogP contribution is -2.33. The molecule has 1 aliphatic heterocycles. The van der Waals surface area contributed by atoms with Crippen LogP contribution in [0.4, 0.5) is 0 Å². The lowest BCUT2D eigenvalue weighted by Gasteiger charge is -2.14. The Kier molecular flexibility index (Phi) is 3.83. The van der Waals surface area contributed by atoms with E-state index in [0.717, 1.165) is 4.90 Å². The second-order valence-electron chi connectivity index (χ2n) is 5.05. The minimum atomic E-state index is -0.846. The molecule has 1 heterocycles. The maximum Gasteiger partial charge on any atom is 0.340 e. The molecule has 24 heavy (non-hydrogen) atoms. The first-order valence-corrected chi connectivity index (χ1v) is 7.02. The van der Waals surface area contributed by atoms with Gasteiger partial charge in [0.2, 0.25) is 5.91 Å². The van der Waals surface area contributed by atoms with Crippen molar-refractivity contribution in [3.63, 3.8) is 0 Å². The van der Waals surface area contributed by atoms with Crippen LogP contribution in [0.25, 0.3) is 0 Å². The Morgan fingerprint density at radius 2 is 1.38 bits per heavy atom. The van der Waals surface area contributed by atoms with Crippen molar-refractivity contribution in [3.8, 4) is 0 Å². The number of ether oxygens (including phenoxy) is 1. The van der Waals surface area contributed by atoms with Crippen LogP contribution >= 0.6 is 0 Å². The van der Waals surface area contributed by atoms with Crippen LogP contribution in [0.3, 0.4) is 0 Å². The van der Waals surface area contributed by atoms with Crippen molar-refractivity contribution in [2.24, 2.45) is 5.73 Å². The fourth-order valence-corrected chi connectivity index (χ4v) is 2.43. The van der Waals surface area contributed by atoms with E-state index in [1.54, 1.807) is 24.3 Å². The fourth-order valence-electron chi connectivity index (χ4n) is 2.43. The Morgan fingerprint density at radius 3 is 1.92 bits per heavy atom. The number of hydrogen-bond acceptors (Lipinski definition) is 5. The third-order valence-corrected chi connectivity index (χ3v) is 3.62. The van der Waals surface area contributed by atoms with Gasteiger partial charge in [0.25, 0.3) is 11.8 Å².